The summed E-state index contributed by atoms with van der Waals surface area (Å²) in [6, 6.07) is 1.61. The Bertz CT molecular complexity index is 403. The molecule has 0 aromatic heterocycles. The lowest BCUT2D eigenvalue weighted by Gasteiger charge is -2.31. The average molecular weight is 281 g/mol. The predicted octanol–water partition coefficient (Wildman–Crippen LogP) is 1.77. The molecule has 0 aromatic carbocycles. The number of hydrogen-bond donors (Lipinski definition) is 1. The van der Waals surface area contributed by atoms with Gasteiger partial charge in [0.05, 0.1) is 18.4 Å². The van der Waals surface area contributed by atoms with Crippen LogP contribution >= 0.6 is 0 Å². The molecule has 1 fully saturated rings. The fourth-order valence-electron chi connectivity index (χ4n) is 2.61. The van der Waals surface area contributed by atoms with Gasteiger partial charge in [-0.3, -0.25) is 4.79 Å². The van der Waals surface area contributed by atoms with E-state index in [0.29, 0.717) is 38.4 Å². The van der Waals surface area contributed by atoms with Gasteiger partial charge < -0.3 is 14.9 Å². The van der Waals surface area contributed by atoms with Crippen molar-refractivity contribution in [3.05, 3.63) is 0 Å². The highest BCUT2D eigenvalue weighted by molar-refractivity contribution is 5.78. The summed E-state index contributed by atoms with van der Waals surface area (Å²) in [5, 5.41) is 17.8. The molecule has 0 spiro atoms. The first kappa shape index (κ1) is 16.3. The lowest BCUT2D eigenvalue weighted by molar-refractivity contribution is -0.142. The number of nitriles is 1. The molecule has 1 heterocycles. The molecule has 0 radical (unpaired) electrons. The third-order valence-electron chi connectivity index (χ3n) is 3.67. The first-order valence-corrected chi connectivity index (χ1v) is 7.03. The third-order valence-corrected chi connectivity index (χ3v) is 3.67. The number of hydrogen-bond acceptors (Lipinski definition) is 3. The Morgan fingerprint density at radius 1 is 1.50 bits per heavy atom. The Morgan fingerprint density at radius 3 is 2.60 bits per heavy atom. The molecule has 2 amide bonds. The molecule has 20 heavy (non-hydrogen) atoms. The van der Waals surface area contributed by atoms with Crippen molar-refractivity contribution in [2.45, 2.75) is 39.7 Å². The van der Waals surface area contributed by atoms with E-state index in [1.165, 1.54) is 0 Å². The predicted molar refractivity (Wildman–Crippen MR) is 73.9 cm³/mol. The molecule has 0 bridgehead atoms. The summed E-state index contributed by atoms with van der Waals surface area (Å²) >= 11 is 0. The molecule has 2 unspecified atom stereocenters. The number of aliphatic carboxylic acids is 1. The molecule has 0 saturated carbocycles. The van der Waals surface area contributed by atoms with Gasteiger partial charge in [-0.2, -0.15) is 5.26 Å². The van der Waals surface area contributed by atoms with Crippen molar-refractivity contribution in [2.75, 3.05) is 19.6 Å². The van der Waals surface area contributed by atoms with Gasteiger partial charge in [-0.15, -0.1) is 0 Å². The highest BCUT2D eigenvalue weighted by Gasteiger charge is 2.39. The Balaban J connectivity index is 2.74. The van der Waals surface area contributed by atoms with Crippen molar-refractivity contribution >= 4 is 12.0 Å². The number of carboxylic acids is 1. The molecule has 112 valence electrons. The molecule has 1 N–H and O–H groups in total. The zero-order valence-corrected chi connectivity index (χ0v) is 12.4. The van der Waals surface area contributed by atoms with Crippen LogP contribution in [0.4, 0.5) is 4.79 Å². The minimum Gasteiger partial charge on any atom is -0.481 e. The molecule has 1 saturated heterocycles. The number of amides is 2. The van der Waals surface area contributed by atoms with Gasteiger partial charge in [0.2, 0.25) is 0 Å². The maximum Gasteiger partial charge on any atom is 0.320 e. The van der Waals surface area contributed by atoms with Crippen LogP contribution in [0.25, 0.3) is 0 Å². The Morgan fingerprint density at radius 2 is 2.15 bits per heavy atom. The van der Waals surface area contributed by atoms with Gasteiger partial charge in [0.15, 0.2) is 0 Å². The number of carbonyl (C=O) groups is 2. The maximum absolute atomic E-state index is 12.5. The van der Waals surface area contributed by atoms with Gasteiger partial charge in [-0.1, -0.05) is 13.8 Å². The molecule has 1 aliphatic heterocycles. The normalized spacial score (nSPS) is 21.9. The number of nitrogens with zero attached hydrogens (tertiary/aromatic N) is 3. The van der Waals surface area contributed by atoms with Gasteiger partial charge >= 0.3 is 12.0 Å². The van der Waals surface area contributed by atoms with E-state index in [0.717, 1.165) is 0 Å². The SMILES string of the molecule is CC(C)CN(CCC#N)C(=O)N1CCC(C(=O)O)C1C. The van der Waals surface area contributed by atoms with E-state index in [-0.39, 0.29) is 12.1 Å². The maximum atomic E-state index is 12.5. The average Bonchev–Trinajstić information content (AvgIpc) is 2.75. The second-order valence-corrected chi connectivity index (χ2v) is 5.70. The van der Waals surface area contributed by atoms with Crippen molar-refractivity contribution in [2.24, 2.45) is 11.8 Å². The van der Waals surface area contributed by atoms with Crippen LogP contribution in [-0.2, 0) is 4.79 Å². The second kappa shape index (κ2) is 7.13. The van der Waals surface area contributed by atoms with E-state index >= 15 is 0 Å². The van der Waals surface area contributed by atoms with E-state index < -0.39 is 11.9 Å². The van der Waals surface area contributed by atoms with Crippen LogP contribution < -0.4 is 0 Å². The van der Waals surface area contributed by atoms with Crippen molar-refractivity contribution < 1.29 is 14.7 Å². The summed E-state index contributed by atoms with van der Waals surface area (Å²) in [5.41, 5.74) is 0. The smallest absolute Gasteiger partial charge is 0.320 e. The van der Waals surface area contributed by atoms with E-state index in [1.54, 1.807) is 16.7 Å². The van der Waals surface area contributed by atoms with Gasteiger partial charge in [-0.25, -0.2) is 4.79 Å². The molecular weight excluding hydrogens is 258 g/mol. The zero-order chi connectivity index (χ0) is 15.3. The summed E-state index contributed by atoms with van der Waals surface area (Å²) in [5.74, 6) is -1.03. The van der Waals surface area contributed by atoms with Gasteiger partial charge in [0.1, 0.15) is 0 Å². The van der Waals surface area contributed by atoms with Crippen LogP contribution in [0.5, 0.6) is 0 Å². The van der Waals surface area contributed by atoms with Crippen molar-refractivity contribution in [1.82, 2.24) is 9.80 Å². The van der Waals surface area contributed by atoms with Crippen molar-refractivity contribution in [1.29, 1.82) is 5.26 Å². The lowest BCUT2D eigenvalue weighted by Crippen LogP contribution is -2.47. The first-order valence-electron chi connectivity index (χ1n) is 7.03. The van der Waals surface area contributed by atoms with Crippen LogP contribution in [0.3, 0.4) is 0 Å². The van der Waals surface area contributed by atoms with Gasteiger partial charge in [-0.05, 0) is 19.3 Å². The Hall–Kier alpha value is -1.77. The molecule has 6 nitrogen and oxygen atoms in total. The summed E-state index contributed by atoms with van der Waals surface area (Å²) in [6.07, 6.45) is 0.791. The van der Waals surface area contributed by atoms with Crippen LogP contribution in [0.2, 0.25) is 0 Å². The fraction of sp³-hybridized carbons (Fsp3) is 0.786. The molecule has 2 atom stereocenters. The molecule has 1 rings (SSSR count). The highest BCUT2D eigenvalue weighted by Crippen LogP contribution is 2.25. The topological polar surface area (TPSA) is 84.6 Å². The van der Waals surface area contributed by atoms with Crippen LogP contribution in [0, 0.1) is 23.2 Å². The molecule has 0 aromatic rings. The van der Waals surface area contributed by atoms with E-state index in [1.807, 2.05) is 19.9 Å². The molecular formula is C14H23N3O3. The second-order valence-electron chi connectivity index (χ2n) is 5.70. The highest BCUT2D eigenvalue weighted by atomic mass is 16.4. The van der Waals surface area contributed by atoms with Gasteiger partial charge in [0.25, 0.3) is 0 Å². The largest absolute Gasteiger partial charge is 0.481 e. The number of rotatable bonds is 5. The summed E-state index contributed by atoms with van der Waals surface area (Å²) in [6.45, 7) is 7.26. The van der Waals surface area contributed by atoms with Crippen LogP contribution in [0.1, 0.15) is 33.6 Å². The van der Waals surface area contributed by atoms with Crippen LogP contribution in [-0.4, -0.2) is 52.6 Å². The monoisotopic (exact) mass is 281 g/mol. The number of likely N-dealkylation sites (tertiary alicyclic amines) is 1. The zero-order valence-electron chi connectivity index (χ0n) is 12.4. The van der Waals surface area contributed by atoms with E-state index in [4.69, 9.17) is 10.4 Å². The Kier molecular flexibility index (Phi) is 5.81. The standard InChI is InChI=1S/C14H23N3O3/c1-10(2)9-16(7-4-6-15)14(20)17-8-5-12(11(17)3)13(18)19/h10-12H,4-5,7-9H2,1-3H3,(H,18,19). The van der Waals surface area contributed by atoms with Crippen molar-refractivity contribution in [3.8, 4) is 6.07 Å². The third kappa shape index (κ3) is 3.86. The minimum atomic E-state index is -0.847. The Labute approximate surface area is 120 Å². The number of carbonyl (C=O) groups excluding carboxylic acids is 1. The lowest BCUT2D eigenvalue weighted by atomic mass is 10.0. The number of urea groups is 1. The fourth-order valence-corrected chi connectivity index (χ4v) is 2.61. The number of carboxylic acid groups (broad SMARTS) is 1. The summed E-state index contributed by atoms with van der Waals surface area (Å²) in [4.78, 5) is 26.9. The van der Waals surface area contributed by atoms with Gasteiger partial charge in [0, 0.05) is 25.7 Å². The summed E-state index contributed by atoms with van der Waals surface area (Å²) in [7, 11) is 0. The first-order chi connectivity index (χ1) is 9.38. The van der Waals surface area contributed by atoms with E-state index in [9.17, 15) is 9.59 Å². The minimum absolute atomic E-state index is 0.148. The summed E-state index contributed by atoms with van der Waals surface area (Å²) < 4.78 is 0. The quantitative estimate of drug-likeness (QED) is 0.832. The molecule has 0 aliphatic carbocycles. The van der Waals surface area contributed by atoms with E-state index in [2.05, 4.69) is 0 Å². The molecule has 1 aliphatic rings. The van der Waals surface area contributed by atoms with Crippen molar-refractivity contribution in [3.63, 3.8) is 0 Å². The van der Waals surface area contributed by atoms with Crippen LogP contribution in [0.15, 0.2) is 0 Å². The molecule has 6 heteroatoms.